The molecule has 1 fully saturated rings. The summed E-state index contributed by atoms with van der Waals surface area (Å²) in [5.41, 5.74) is 1.67. The van der Waals surface area contributed by atoms with Gasteiger partial charge in [0.15, 0.2) is 0 Å². The molecule has 0 unspecified atom stereocenters. The van der Waals surface area contributed by atoms with Crippen LogP contribution in [0.1, 0.15) is 53.7 Å². The average molecular weight is 288 g/mol. The van der Waals surface area contributed by atoms with Gasteiger partial charge in [0.1, 0.15) is 0 Å². The fourth-order valence-electron chi connectivity index (χ4n) is 2.88. The molecule has 6 heteroatoms. The molecule has 1 saturated heterocycles. The predicted molar refractivity (Wildman–Crippen MR) is 76.7 cm³/mol. The smallest absolute Gasteiger partial charge is 0.293 e. The van der Waals surface area contributed by atoms with Crippen LogP contribution in [0.25, 0.3) is 0 Å². The van der Waals surface area contributed by atoms with Crippen LogP contribution in [0.4, 0.5) is 0 Å². The lowest BCUT2D eigenvalue weighted by molar-refractivity contribution is 0.0633. The van der Waals surface area contributed by atoms with E-state index in [4.69, 9.17) is 4.52 Å². The monoisotopic (exact) mass is 288 g/mol. The minimum absolute atomic E-state index is 0.0200. The van der Waals surface area contributed by atoms with Crippen molar-refractivity contribution in [3.05, 3.63) is 35.5 Å². The molecule has 21 heavy (non-hydrogen) atoms. The van der Waals surface area contributed by atoms with Gasteiger partial charge in [0, 0.05) is 25.9 Å². The lowest BCUT2D eigenvalue weighted by atomic mass is 10.1. The van der Waals surface area contributed by atoms with Gasteiger partial charge in [-0.05, 0) is 25.8 Å². The van der Waals surface area contributed by atoms with Crippen molar-refractivity contribution in [3.63, 3.8) is 0 Å². The third-order valence-corrected chi connectivity index (χ3v) is 3.93. The first kappa shape index (κ1) is 13.9. The second-order valence-corrected chi connectivity index (χ2v) is 5.61. The second kappa shape index (κ2) is 5.71. The molecule has 3 rings (SSSR count). The Bertz CT molecular complexity index is 631. The Morgan fingerprint density at radius 1 is 1.38 bits per heavy atom. The van der Waals surface area contributed by atoms with Crippen LogP contribution in [0.3, 0.4) is 0 Å². The van der Waals surface area contributed by atoms with Crippen molar-refractivity contribution in [3.8, 4) is 0 Å². The van der Waals surface area contributed by atoms with E-state index in [1.807, 2.05) is 31.1 Å². The van der Waals surface area contributed by atoms with Crippen LogP contribution in [0.2, 0.25) is 0 Å². The Hall–Kier alpha value is -2.11. The topological polar surface area (TPSA) is 64.2 Å². The molecule has 1 aliphatic rings. The van der Waals surface area contributed by atoms with Gasteiger partial charge < -0.3 is 9.42 Å². The Morgan fingerprint density at radius 3 is 2.90 bits per heavy atom. The summed E-state index contributed by atoms with van der Waals surface area (Å²) in [5, 5.41) is 8.30. The van der Waals surface area contributed by atoms with E-state index in [2.05, 4.69) is 10.3 Å². The highest BCUT2D eigenvalue weighted by atomic mass is 16.5. The molecule has 6 nitrogen and oxygen atoms in total. The van der Waals surface area contributed by atoms with Gasteiger partial charge >= 0.3 is 0 Å². The molecular formula is C15H20N4O2. The Balaban J connectivity index is 1.90. The van der Waals surface area contributed by atoms with Gasteiger partial charge in [-0.1, -0.05) is 18.0 Å². The molecule has 3 heterocycles. The first-order valence-corrected chi connectivity index (χ1v) is 7.39. The van der Waals surface area contributed by atoms with Crippen molar-refractivity contribution >= 4 is 5.91 Å². The summed E-state index contributed by atoms with van der Waals surface area (Å²) in [6, 6.07) is 3.71. The van der Waals surface area contributed by atoms with Gasteiger partial charge in [-0.25, -0.2) is 0 Å². The molecule has 0 radical (unpaired) electrons. The zero-order valence-electron chi connectivity index (χ0n) is 12.5. The Morgan fingerprint density at radius 2 is 2.24 bits per heavy atom. The van der Waals surface area contributed by atoms with Crippen LogP contribution < -0.4 is 0 Å². The fourth-order valence-corrected chi connectivity index (χ4v) is 2.88. The van der Waals surface area contributed by atoms with E-state index in [0.29, 0.717) is 5.76 Å². The van der Waals surface area contributed by atoms with E-state index in [0.717, 1.165) is 43.6 Å². The summed E-state index contributed by atoms with van der Waals surface area (Å²) in [7, 11) is 1.90. The van der Waals surface area contributed by atoms with Crippen molar-refractivity contribution in [2.75, 3.05) is 6.54 Å². The van der Waals surface area contributed by atoms with Crippen molar-refractivity contribution < 1.29 is 9.32 Å². The highest BCUT2D eigenvalue weighted by Crippen LogP contribution is 2.30. The van der Waals surface area contributed by atoms with Crippen LogP contribution in [0.5, 0.6) is 0 Å². The number of carbonyl (C=O) groups excluding carboxylic acids is 1. The van der Waals surface area contributed by atoms with Crippen molar-refractivity contribution in [1.29, 1.82) is 0 Å². The van der Waals surface area contributed by atoms with E-state index in [1.54, 1.807) is 10.7 Å². The summed E-state index contributed by atoms with van der Waals surface area (Å²) >= 11 is 0. The average Bonchev–Trinajstić information content (AvgIpc) is 3.00. The van der Waals surface area contributed by atoms with Gasteiger partial charge in [-0.15, -0.1) is 0 Å². The largest absolute Gasteiger partial charge is 0.351 e. The molecule has 0 aliphatic carbocycles. The molecule has 1 atom stereocenters. The van der Waals surface area contributed by atoms with E-state index in [9.17, 15) is 4.79 Å². The van der Waals surface area contributed by atoms with Gasteiger partial charge in [-0.3, -0.25) is 9.48 Å². The molecule has 0 bridgehead atoms. The number of amides is 1. The third-order valence-electron chi connectivity index (χ3n) is 3.93. The lowest BCUT2D eigenvalue weighted by Gasteiger charge is -2.27. The Kier molecular flexibility index (Phi) is 3.77. The number of hydrogen-bond acceptors (Lipinski definition) is 4. The number of hydrogen-bond donors (Lipinski definition) is 0. The maximum absolute atomic E-state index is 12.7. The summed E-state index contributed by atoms with van der Waals surface area (Å²) < 4.78 is 6.92. The molecule has 0 spiro atoms. The number of nitrogens with zero attached hydrogens (tertiary/aromatic N) is 4. The molecule has 2 aromatic rings. The summed E-state index contributed by atoms with van der Waals surface area (Å²) in [4.78, 5) is 14.6. The van der Waals surface area contributed by atoms with Crippen LogP contribution >= 0.6 is 0 Å². The first-order valence-electron chi connectivity index (χ1n) is 7.39. The number of aromatic nitrogens is 3. The maximum Gasteiger partial charge on any atom is 0.293 e. The van der Waals surface area contributed by atoms with Crippen molar-refractivity contribution in [2.45, 2.75) is 38.6 Å². The number of aryl methyl sites for hydroxylation is 2. The standard InChI is InChI=1S/C15H20N4O2/c1-11-10-14(21-17-11)15(20)19-8-5-3-4-6-13(19)12-7-9-18(2)16-12/h7,9-10,13H,3-6,8H2,1-2H3/t13-/m0/s1. The molecular weight excluding hydrogens is 268 g/mol. The highest BCUT2D eigenvalue weighted by molar-refractivity contribution is 5.91. The Labute approximate surface area is 123 Å². The zero-order valence-corrected chi connectivity index (χ0v) is 12.5. The van der Waals surface area contributed by atoms with Gasteiger partial charge in [0.2, 0.25) is 5.76 Å². The minimum atomic E-state index is -0.0897. The predicted octanol–water partition coefficient (Wildman–Crippen LogP) is 2.47. The van der Waals surface area contributed by atoms with Crippen molar-refractivity contribution in [1.82, 2.24) is 19.8 Å². The van der Waals surface area contributed by atoms with E-state index in [1.165, 1.54) is 0 Å². The zero-order chi connectivity index (χ0) is 14.8. The second-order valence-electron chi connectivity index (χ2n) is 5.61. The van der Waals surface area contributed by atoms with E-state index >= 15 is 0 Å². The molecule has 2 aromatic heterocycles. The van der Waals surface area contributed by atoms with E-state index < -0.39 is 0 Å². The summed E-state index contributed by atoms with van der Waals surface area (Å²) in [6.45, 7) is 2.55. The molecule has 0 aromatic carbocycles. The van der Waals surface area contributed by atoms with Crippen LogP contribution in [-0.2, 0) is 7.05 Å². The fraction of sp³-hybridized carbons (Fsp3) is 0.533. The van der Waals surface area contributed by atoms with Crippen LogP contribution in [0.15, 0.2) is 22.9 Å². The number of rotatable bonds is 2. The first-order chi connectivity index (χ1) is 10.1. The maximum atomic E-state index is 12.7. The number of likely N-dealkylation sites (tertiary alicyclic amines) is 1. The molecule has 112 valence electrons. The normalized spacial score (nSPS) is 19.5. The van der Waals surface area contributed by atoms with Crippen molar-refractivity contribution in [2.24, 2.45) is 7.05 Å². The quantitative estimate of drug-likeness (QED) is 0.851. The lowest BCUT2D eigenvalue weighted by Crippen LogP contribution is -2.35. The van der Waals surface area contributed by atoms with Gasteiger partial charge in [0.25, 0.3) is 5.91 Å². The third kappa shape index (κ3) is 2.84. The minimum Gasteiger partial charge on any atom is -0.351 e. The van der Waals surface area contributed by atoms with Gasteiger partial charge in [-0.2, -0.15) is 5.10 Å². The molecule has 1 aliphatic heterocycles. The number of carbonyl (C=O) groups is 1. The SMILES string of the molecule is Cc1cc(C(=O)N2CCCCC[C@H]2c2ccn(C)n2)on1. The van der Waals surface area contributed by atoms with E-state index in [-0.39, 0.29) is 11.9 Å². The summed E-state index contributed by atoms with van der Waals surface area (Å²) in [6.07, 6.45) is 6.13. The highest BCUT2D eigenvalue weighted by Gasteiger charge is 2.30. The van der Waals surface area contributed by atoms with Crippen LogP contribution in [0, 0.1) is 6.92 Å². The van der Waals surface area contributed by atoms with Crippen LogP contribution in [-0.4, -0.2) is 32.3 Å². The molecule has 0 N–H and O–H groups in total. The summed E-state index contributed by atoms with van der Waals surface area (Å²) in [5.74, 6) is 0.225. The van der Waals surface area contributed by atoms with Gasteiger partial charge in [0.05, 0.1) is 17.4 Å². The molecule has 1 amide bonds. The molecule has 0 saturated carbocycles.